The Morgan fingerprint density at radius 3 is 2.85 bits per heavy atom. The van der Waals surface area contributed by atoms with Gasteiger partial charge in [0.15, 0.2) is 5.16 Å². The van der Waals surface area contributed by atoms with Gasteiger partial charge in [0.2, 0.25) is 0 Å². The molecule has 0 aliphatic rings. The number of pyridine rings is 1. The summed E-state index contributed by atoms with van der Waals surface area (Å²) in [5.41, 5.74) is 3.72. The van der Waals surface area contributed by atoms with Crippen molar-refractivity contribution in [1.82, 2.24) is 15.0 Å². The molecule has 4 nitrogen and oxygen atoms in total. The first kappa shape index (κ1) is 13.0. The highest BCUT2D eigenvalue weighted by atomic mass is 32.2. The van der Waals surface area contributed by atoms with Crippen molar-refractivity contribution in [3.05, 3.63) is 53.9 Å². The maximum atomic E-state index is 12.6. The molecule has 1 aromatic carbocycles. The van der Waals surface area contributed by atoms with Gasteiger partial charge in [0.05, 0.1) is 32.8 Å². The standard InChI is InChI=1S/C15H15N3OS/c1-10-6-7-13-14(9-10)18-15(17-13)20(19)11(2)12-5-3-4-8-16-12/h3-9,11H,1-2H3,(H,17,18)/t11-,20-/m0/s1. The summed E-state index contributed by atoms with van der Waals surface area (Å²) in [5, 5.41) is 0.307. The van der Waals surface area contributed by atoms with Crippen LogP contribution in [-0.2, 0) is 10.8 Å². The van der Waals surface area contributed by atoms with Gasteiger partial charge in [-0.3, -0.25) is 9.19 Å². The van der Waals surface area contributed by atoms with Gasteiger partial charge in [-0.15, -0.1) is 0 Å². The predicted molar refractivity (Wildman–Crippen MR) is 79.9 cm³/mol. The van der Waals surface area contributed by atoms with E-state index in [1.54, 1.807) is 6.20 Å². The second kappa shape index (κ2) is 5.17. The van der Waals surface area contributed by atoms with Crippen LogP contribution in [0.1, 0.15) is 23.4 Å². The number of aromatic nitrogens is 3. The van der Waals surface area contributed by atoms with E-state index in [1.165, 1.54) is 0 Å². The van der Waals surface area contributed by atoms with E-state index in [4.69, 9.17) is 0 Å². The Bertz CT molecular complexity index is 767. The number of nitrogens with zero attached hydrogens (tertiary/aromatic N) is 2. The molecular formula is C15H15N3OS. The summed E-state index contributed by atoms with van der Waals surface area (Å²) in [5.74, 6) is 0. The summed E-state index contributed by atoms with van der Waals surface area (Å²) in [4.78, 5) is 11.8. The van der Waals surface area contributed by atoms with Crippen LogP contribution in [0.25, 0.3) is 11.0 Å². The number of H-pyrrole nitrogens is 1. The number of aryl methyl sites for hydroxylation is 1. The van der Waals surface area contributed by atoms with Crippen molar-refractivity contribution >= 4 is 21.8 Å². The molecule has 0 fully saturated rings. The molecule has 102 valence electrons. The molecule has 0 unspecified atom stereocenters. The minimum Gasteiger partial charge on any atom is -0.331 e. The summed E-state index contributed by atoms with van der Waals surface area (Å²) >= 11 is 0. The molecule has 3 rings (SSSR count). The predicted octanol–water partition coefficient (Wildman–Crippen LogP) is 3.14. The molecule has 0 aliphatic heterocycles. The molecule has 0 saturated heterocycles. The first-order valence-corrected chi connectivity index (χ1v) is 7.64. The zero-order chi connectivity index (χ0) is 14.1. The van der Waals surface area contributed by atoms with E-state index in [-0.39, 0.29) is 5.25 Å². The third kappa shape index (κ3) is 2.36. The topological polar surface area (TPSA) is 58.6 Å². The van der Waals surface area contributed by atoms with Gasteiger partial charge in [0.25, 0.3) is 0 Å². The van der Waals surface area contributed by atoms with Crippen LogP contribution < -0.4 is 0 Å². The normalized spacial score (nSPS) is 14.3. The van der Waals surface area contributed by atoms with Crippen molar-refractivity contribution in [2.45, 2.75) is 24.3 Å². The van der Waals surface area contributed by atoms with Crippen molar-refractivity contribution in [1.29, 1.82) is 0 Å². The first-order chi connectivity index (χ1) is 9.65. The number of hydrogen-bond donors (Lipinski definition) is 1. The second-order valence-corrected chi connectivity index (χ2v) is 6.45. The molecule has 0 spiro atoms. The third-order valence-electron chi connectivity index (χ3n) is 3.23. The molecule has 2 atom stereocenters. The zero-order valence-electron chi connectivity index (χ0n) is 11.3. The van der Waals surface area contributed by atoms with Gasteiger partial charge < -0.3 is 4.98 Å². The van der Waals surface area contributed by atoms with Crippen LogP contribution in [0.5, 0.6) is 0 Å². The van der Waals surface area contributed by atoms with Crippen molar-refractivity contribution in [3.8, 4) is 0 Å². The lowest BCUT2D eigenvalue weighted by atomic mass is 10.2. The largest absolute Gasteiger partial charge is 0.331 e. The molecule has 3 aromatic rings. The fourth-order valence-electron chi connectivity index (χ4n) is 2.09. The summed E-state index contributed by atoms with van der Waals surface area (Å²) in [7, 11) is -1.25. The van der Waals surface area contributed by atoms with Crippen LogP contribution in [0.4, 0.5) is 0 Å². The molecular weight excluding hydrogens is 270 g/mol. The SMILES string of the molecule is Cc1ccc2nc([S@@](=O)[C@@H](C)c3ccccn3)[nH]c2c1. The van der Waals surface area contributed by atoms with E-state index in [2.05, 4.69) is 15.0 Å². The number of benzene rings is 1. The van der Waals surface area contributed by atoms with E-state index in [9.17, 15) is 4.21 Å². The van der Waals surface area contributed by atoms with Gasteiger partial charge in [-0.1, -0.05) is 12.1 Å². The van der Waals surface area contributed by atoms with Crippen molar-refractivity contribution in [2.24, 2.45) is 0 Å². The number of aromatic amines is 1. The van der Waals surface area contributed by atoms with Crippen molar-refractivity contribution in [2.75, 3.05) is 0 Å². The molecule has 0 aliphatic carbocycles. The van der Waals surface area contributed by atoms with Gasteiger partial charge in [0.1, 0.15) is 0 Å². The van der Waals surface area contributed by atoms with E-state index in [0.29, 0.717) is 5.16 Å². The quantitative estimate of drug-likeness (QED) is 0.804. The maximum absolute atomic E-state index is 12.6. The monoisotopic (exact) mass is 285 g/mol. The average molecular weight is 285 g/mol. The number of hydrogen-bond acceptors (Lipinski definition) is 3. The number of imidazole rings is 1. The van der Waals surface area contributed by atoms with Crippen molar-refractivity contribution in [3.63, 3.8) is 0 Å². The van der Waals surface area contributed by atoms with Crippen LogP contribution in [0.15, 0.2) is 47.8 Å². The Morgan fingerprint density at radius 2 is 2.10 bits per heavy atom. The Labute approximate surface area is 119 Å². The lowest BCUT2D eigenvalue weighted by Gasteiger charge is -2.08. The number of nitrogens with one attached hydrogen (secondary N) is 1. The number of fused-ring (bicyclic) bond motifs is 1. The molecule has 2 heterocycles. The molecule has 0 amide bonds. The molecule has 2 aromatic heterocycles. The van der Waals surface area contributed by atoms with Gasteiger partial charge in [-0.2, -0.15) is 0 Å². The fraction of sp³-hybridized carbons (Fsp3) is 0.200. The zero-order valence-corrected chi connectivity index (χ0v) is 12.1. The molecule has 1 N–H and O–H groups in total. The van der Waals surface area contributed by atoms with Gasteiger partial charge >= 0.3 is 0 Å². The van der Waals surface area contributed by atoms with Gasteiger partial charge in [-0.25, -0.2) is 4.98 Å². The van der Waals surface area contributed by atoms with Gasteiger partial charge in [-0.05, 0) is 43.7 Å². The first-order valence-electron chi connectivity index (χ1n) is 6.43. The molecule has 20 heavy (non-hydrogen) atoms. The molecule has 5 heteroatoms. The molecule has 0 saturated carbocycles. The number of rotatable bonds is 3. The fourth-order valence-corrected chi connectivity index (χ4v) is 3.18. The Morgan fingerprint density at radius 1 is 1.25 bits per heavy atom. The second-order valence-electron chi connectivity index (χ2n) is 4.76. The highest BCUT2D eigenvalue weighted by Gasteiger charge is 2.19. The maximum Gasteiger partial charge on any atom is 0.198 e. The summed E-state index contributed by atoms with van der Waals surface area (Å²) in [6.07, 6.45) is 1.71. The van der Waals surface area contributed by atoms with Crippen LogP contribution in [0.3, 0.4) is 0 Å². The third-order valence-corrected chi connectivity index (χ3v) is 4.69. The highest BCUT2D eigenvalue weighted by molar-refractivity contribution is 7.85. The Balaban J connectivity index is 1.96. The van der Waals surface area contributed by atoms with Crippen molar-refractivity contribution < 1.29 is 4.21 Å². The van der Waals surface area contributed by atoms with Crippen LogP contribution in [0.2, 0.25) is 0 Å². The molecule has 0 bridgehead atoms. The summed E-state index contributed by atoms with van der Waals surface area (Å²) in [6, 6.07) is 11.6. The lowest BCUT2D eigenvalue weighted by Crippen LogP contribution is -2.06. The van der Waals surface area contributed by atoms with E-state index in [0.717, 1.165) is 22.3 Å². The average Bonchev–Trinajstić information content (AvgIpc) is 2.89. The molecule has 0 radical (unpaired) electrons. The smallest absolute Gasteiger partial charge is 0.198 e. The summed E-state index contributed by atoms with van der Waals surface area (Å²) in [6.45, 7) is 3.92. The van der Waals surface area contributed by atoms with Crippen LogP contribution >= 0.6 is 0 Å². The highest BCUT2D eigenvalue weighted by Crippen LogP contribution is 2.23. The van der Waals surface area contributed by atoms with E-state index in [1.807, 2.05) is 50.2 Å². The van der Waals surface area contributed by atoms with Crippen LogP contribution in [-0.4, -0.2) is 19.2 Å². The Hall–Kier alpha value is -2.01. The minimum absolute atomic E-state index is 0.196. The lowest BCUT2D eigenvalue weighted by molar-refractivity contribution is 0.669. The van der Waals surface area contributed by atoms with E-state index < -0.39 is 10.8 Å². The Kier molecular flexibility index (Phi) is 3.36. The van der Waals surface area contributed by atoms with E-state index >= 15 is 0 Å². The van der Waals surface area contributed by atoms with Gasteiger partial charge in [0, 0.05) is 6.20 Å². The summed E-state index contributed by atoms with van der Waals surface area (Å²) < 4.78 is 12.6. The minimum atomic E-state index is -1.25. The van der Waals surface area contributed by atoms with Crippen LogP contribution in [0, 0.1) is 6.92 Å².